The van der Waals surface area contributed by atoms with E-state index in [0.29, 0.717) is 5.75 Å². The summed E-state index contributed by atoms with van der Waals surface area (Å²) in [6.45, 7) is 0.719. The maximum atomic E-state index is 11.1. The van der Waals surface area contributed by atoms with E-state index in [9.17, 15) is 10.2 Å². The second-order valence-corrected chi connectivity index (χ2v) is 6.40. The molecule has 1 aromatic rings. The van der Waals surface area contributed by atoms with E-state index in [4.69, 9.17) is 4.74 Å². The Morgan fingerprint density at radius 2 is 1.90 bits per heavy atom. The molecule has 118 valence electrons. The van der Waals surface area contributed by atoms with E-state index < -0.39 is 5.60 Å². The summed E-state index contributed by atoms with van der Waals surface area (Å²) < 4.78 is 5.15. The number of aliphatic hydroxyl groups is 1. The summed E-state index contributed by atoms with van der Waals surface area (Å²) in [7, 11) is 5.58. The molecule has 1 unspecified atom stereocenters. The first-order valence-corrected chi connectivity index (χ1v) is 7.70. The van der Waals surface area contributed by atoms with Crippen LogP contribution in [0.5, 0.6) is 11.5 Å². The van der Waals surface area contributed by atoms with E-state index in [1.807, 2.05) is 26.2 Å². The number of aromatic hydroxyl groups is 1. The van der Waals surface area contributed by atoms with Gasteiger partial charge >= 0.3 is 0 Å². The van der Waals surface area contributed by atoms with Crippen molar-refractivity contribution in [1.29, 1.82) is 0 Å². The molecule has 21 heavy (non-hydrogen) atoms. The fraction of sp³-hybridized carbons (Fsp3) is 0.647. The number of ether oxygens (including phenoxy) is 1. The molecule has 0 aliphatic heterocycles. The number of likely N-dealkylation sites (N-methyl/N-ethyl adjacent to an activating group) is 1. The van der Waals surface area contributed by atoms with Crippen LogP contribution in [0.2, 0.25) is 0 Å². The maximum Gasteiger partial charge on any atom is 0.122 e. The average Bonchev–Trinajstić information content (AvgIpc) is 2.45. The molecule has 0 radical (unpaired) electrons. The van der Waals surface area contributed by atoms with Gasteiger partial charge in [0.25, 0.3) is 0 Å². The van der Waals surface area contributed by atoms with Gasteiger partial charge in [0.15, 0.2) is 0 Å². The first kappa shape index (κ1) is 16.1. The number of nitrogens with zero attached hydrogens (tertiary/aromatic N) is 1. The molecule has 0 heterocycles. The lowest BCUT2D eigenvalue weighted by molar-refractivity contribution is -0.0283. The van der Waals surface area contributed by atoms with Crippen LogP contribution in [0.1, 0.15) is 43.6 Å². The Morgan fingerprint density at radius 1 is 1.24 bits per heavy atom. The zero-order valence-corrected chi connectivity index (χ0v) is 13.3. The standard InChI is InChI=1S/C17H27NO3/c1-18(2)12-15(17(20)9-5-4-6-10-17)14-8-7-13(21-3)11-16(14)19/h7-8,11,15,19-20H,4-6,9-10,12H2,1-3H3. The Morgan fingerprint density at radius 3 is 2.43 bits per heavy atom. The van der Waals surface area contributed by atoms with Crippen molar-refractivity contribution in [2.75, 3.05) is 27.7 Å². The van der Waals surface area contributed by atoms with Gasteiger partial charge in [-0.2, -0.15) is 0 Å². The molecule has 1 aliphatic carbocycles. The van der Waals surface area contributed by atoms with Crippen LogP contribution < -0.4 is 4.74 Å². The number of phenolic OH excluding ortho intramolecular Hbond substituents is 1. The highest BCUT2D eigenvalue weighted by atomic mass is 16.5. The fourth-order valence-electron chi connectivity index (χ4n) is 3.38. The van der Waals surface area contributed by atoms with Crippen LogP contribution in [0.4, 0.5) is 0 Å². The maximum absolute atomic E-state index is 11.1. The Bertz CT molecular complexity index is 467. The Kier molecular flexibility index (Phi) is 5.12. The fourth-order valence-corrected chi connectivity index (χ4v) is 3.38. The first-order valence-electron chi connectivity index (χ1n) is 7.70. The molecule has 2 N–H and O–H groups in total. The SMILES string of the molecule is COc1ccc(C(CN(C)C)C2(O)CCCCC2)c(O)c1. The first-order chi connectivity index (χ1) is 9.96. The van der Waals surface area contributed by atoms with Crippen molar-refractivity contribution >= 4 is 0 Å². The summed E-state index contributed by atoms with van der Waals surface area (Å²) in [4.78, 5) is 2.07. The van der Waals surface area contributed by atoms with Crippen molar-refractivity contribution in [3.05, 3.63) is 23.8 Å². The minimum atomic E-state index is -0.728. The number of benzene rings is 1. The number of hydrogen-bond acceptors (Lipinski definition) is 4. The number of hydrogen-bond donors (Lipinski definition) is 2. The van der Waals surface area contributed by atoms with E-state index >= 15 is 0 Å². The van der Waals surface area contributed by atoms with E-state index in [1.54, 1.807) is 13.2 Å². The summed E-state index contributed by atoms with van der Waals surface area (Å²) in [5, 5.41) is 21.5. The predicted molar refractivity (Wildman–Crippen MR) is 84.0 cm³/mol. The summed E-state index contributed by atoms with van der Waals surface area (Å²) in [5.41, 5.74) is 0.0862. The third-order valence-corrected chi connectivity index (χ3v) is 4.53. The van der Waals surface area contributed by atoms with Crippen molar-refractivity contribution in [3.8, 4) is 11.5 Å². The van der Waals surface area contributed by atoms with Gasteiger partial charge in [0.05, 0.1) is 12.7 Å². The van der Waals surface area contributed by atoms with Crippen LogP contribution in [0.15, 0.2) is 18.2 Å². The van der Waals surface area contributed by atoms with Gasteiger partial charge in [-0.3, -0.25) is 0 Å². The quantitative estimate of drug-likeness (QED) is 0.876. The summed E-state index contributed by atoms with van der Waals surface area (Å²) in [5.74, 6) is 0.759. The van der Waals surface area contributed by atoms with Gasteiger partial charge in [0, 0.05) is 24.1 Å². The molecular formula is C17H27NO3. The molecule has 4 nitrogen and oxygen atoms in total. The largest absolute Gasteiger partial charge is 0.508 e. The van der Waals surface area contributed by atoms with E-state index in [2.05, 4.69) is 4.90 Å². The number of rotatable bonds is 5. The van der Waals surface area contributed by atoms with Gasteiger partial charge in [-0.05, 0) is 33.0 Å². The third kappa shape index (κ3) is 3.69. The van der Waals surface area contributed by atoms with Crippen LogP contribution in [0.3, 0.4) is 0 Å². The second-order valence-electron chi connectivity index (χ2n) is 6.40. The molecule has 1 saturated carbocycles. The highest BCUT2D eigenvalue weighted by Crippen LogP contribution is 2.43. The Hall–Kier alpha value is -1.26. The van der Waals surface area contributed by atoms with Crippen molar-refractivity contribution in [2.24, 2.45) is 0 Å². The topological polar surface area (TPSA) is 52.9 Å². The highest BCUT2D eigenvalue weighted by Gasteiger charge is 2.40. The smallest absolute Gasteiger partial charge is 0.122 e. The lowest BCUT2D eigenvalue weighted by atomic mass is 9.72. The number of methoxy groups -OCH3 is 1. The Labute approximate surface area is 127 Å². The molecule has 1 aliphatic rings. The summed E-state index contributed by atoms with van der Waals surface area (Å²) in [6.07, 6.45) is 4.90. The van der Waals surface area contributed by atoms with Gasteiger partial charge in [-0.25, -0.2) is 0 Å². The summed E-state index contributed by atoms with van der Waals surface area (Å²) >= 11 is 0. The van der Waals surface area contributed by atoms with E-state index in [-0.39, 0.29) is 11.7 Å². The minimum absolute atomic E-state index is 0.0845. The van der Waals surface area contributed by atoms with Crippen LogP contribution in [0, 0.1) is 0 Å². The molecule has 0 bridgehead atoms. The van der Waals surface area contributed by atoms with Crippen molar-refractivity contribution < 1.29 is 14.9 Å². The highest BCUT2D eigenvalue weighted by molar-refractivity contribution is 5.43. The molecular weight excluding hydrogens is 266 g/mol. The van der Waals surface area contributed by atoms with Crippen molar-refractivity contribution in [3.63, 3.8) is 0 Å². The molecule has 1 atom stereocenters. The molecule has 0 saturated heterocycles. The third-order valence-electron chi connectivity index (χ3n) is 4.53. The lowest BCUT2D eigenvalue weighted by Crippen LogP contribution is -2.42. The average molecular weight is 293 g/mol. The molecule has 1 fully saturated rings. The minimum Gasteiger partial charge on any atom is -0.508 e. The van der Waals surface area contributed by atoms with Crippen LogP contribution in [-0.2, 0) is 0 Å². The Balaban J connectivity index is 2.35. The van der Waals surface area contributed by atoms with Gasteiger partial charge in [0.2, 0.25) is 0 Å². The molecule has 0 aromatic heterocycles. The van der Waals surface area contributed by atoms with Gasteiger partial charge in [0.1, 0.15) is 11.5 Å². The molecule has 2 rings (SSSR count). The van der Waals surface area contributed by atoms with Crippen LogP contribution >= 0.6 is 0 Å². The molecule has 1 aromatic carbocycles. The molecule has 0 spiro atoms. The van der Waals surface area contributed by atoms with Gasteiger partial charge in [-0.15, -0.1) is 0 Å². The van der Waals surface area contributed by atoms with E-state index in [1.165, 1.54) is 6.42 Å². The monoisotopic (exact) mass is 293 g/mol. The van der Waals surface area contributed by atoms with Gasteiger partial charge in [-0.1, -0.05) is 25.3 Å². The summed E-state index contributed by atoms with van der Waals surface area (Å²) in [6, 6.07) is 5.36. The second kappa shape index (κ2) is 6.67. The van der Waals surface area contributed by atoms with Gasteiger partial charge < -0.3 is 19.8 Å². The molecule has 4 heteroatoms. The zero-order valence-electron chi connectivity index (χ0n) is 13.3. The molecule has 0 amide bonds. The van der Waals surface area contributed by atoms with Crippen LogP contribution in [-0.4, -0.2) is 48.5 Å². The zero-order chi connectivity index (χ0) is 15.5. The van der Waals surface area contributed by atoms with Crippen LogP contribution in [0.25, 0.3) is 0 Å². The normalized spacial score (nSPS) is 19.5. The lowest BCUT2D eigenvalue weighted by Gasteiger charge is -2.41. The predicted octanol–water partition coefficient (Wildman–Crippen LogP) is 2.74. The van der Waals surface area contributed by atoms with Crippen molar-refractivity contribution in [2.45, 2.75) is 43.6 Å². The number of phenols is 1. The van der Waals surface area contributed by atoms with E-state index in [0.717, 1.165) is 37.8 Å². The van der Waals surface area contributed by atoms with Crippen molar-refractivity contribution in [1.82, 2.24) is 4.90 Å².